The maximum atomic E-state index is 8.70. The Labute approximate surface area is 49.8 Å². The van der Waals surface area contributed by atoms with Crippen molar-refractivity contribution >= 4 is 0 Å². The molecule has 0 rings (SSSR count). The number of nitriles is 1. The molecule has 0 aromatic rings. The molecule has 0 aromatic heterocycles. The lowest BCUT2D eigenvalue weighted by Gasteiger charge is -2.02. The molecule has 0 fully saturated rings. The molecule has 46 valence electrons. The minimum absolute atomic E-state index is 0.0185. The standard InChI is InChI=1S/C6H11NO/c1-5(4-7)3-6(2)8/h5-6,8H,3H2,1-2H3. The molecule has 1 N–H and O–H groups in total. The summed E-state index contributed by atoms with van der Waals surface area (Å²) in [6.07, 6.45) is 0.237. The van der Waals surface area contributed by atoms with Crippen molar-refractivity contribution in [1.82, 2.24) is 0 Å². The number of aliphatic hydroxyl groups is 1. The molecule has 2 atom stereocenters. The highest BCUT2D eigenvalue weighted by Crippen LogP contribution is 2.02. The van der Waals surface area contributed by atoms with E-state index in [2.05, 4.69) is 0 Å². The minimum atomic E-state index is -0.343. The first-order valence-corrected chi connectivity index (χ1v) is 2.74. The molecule has 0 saturated heterocycles. The van der Waals surface area contributed by atoms with Crippen molar-refractivity contribution in [2.75, 3.05) is 0 Å². The maximum absolute atomic E-state index is 8.70. The van der Waals surface area contributed by atoms with Crippen LogP contribution in [-0.4, -0.2) is 11.2 Å². The number of hydrogen-bond donors (Lipinski definition) is 1. The zero-order chi connectivity index (χ0) is 6.57. The number of hydrogen-bond acceptors (Lipinski definition) is 2. The Kier molecular flexibility index (Phi) is 3.21. The topological polar surface area (TPSA) is 44.0 Å². The molecule has 0 bridgehead atoms. The summed E-state index contributed by atoms with van der Waals surface area (Å²) >= 11 is 0. The molecular weight excluding hydrogens is 102 g/mol. The Balaban J connectivity index is 3.28. The summed E-state index contributed by atoms with van der Waals surface area (Å²) < 4.78 is 0. The molecule has 2 heteroatoms. The van der Waals surface area contributed by atoms with Gasteiger partial charge in [-0.1, -0.05) is 0 Å². The molecular formula is C6H11NO. The molecule has 0 spiro atoms. The van der Waals surface area contributed by atoms with Crippen LogP contribution >= 0.6 is 0 Å². The van der Waals surface area contributed by atoms with Gasteiger partial charge in [0.2, 0.25) is 0 Å². The summed E-state index contributed by atoms with van der Waals surface area (Å²) in [7, 11) is 0. The zero-order valence-corrected chi connectivity index (χ0v) is 5.26. The summed E-state index contributed by atoms with van der Waals surface area (Å²) in [5.74, 6) is -0.0185. The Hall–Kier alpha value is -0.550. The van der Waals surface area contributed by atoms with Crippen molar-refractivity contribution in [2.45, 2.75) is 26.4 Å². The molecule has 0 aliphatic carbocycles. The fraction of sp³-hybridized carbons (Fsp3) is 0.833. The molecule has 0 amide bonds. The van der Waals surface area contributed by atoms with Gasteiger partial charge in [0.15, 0.2) is 0 Å². The Morgan fingerprint density at radius 2 is 2.12 bits per heavy atom. The van der Waals surface area contributed by atoms with Gasteiger partial charge in [0.05, 0.1) is 12.2 Å². The molecule has 0 aliphatic heterocycles. The van der Waals surface area contributed by atoms with Crippen LogP contribution in [0.3, 0.4) is 0 Å². The van der Waals surface area contributed by atoms with Crippen LogP contribution < -0.4 is 0 Å². The van der Waals surface area contributed by atoms with Gasteiger partial charge in [-0.3, -0.25) is 0 Å². The number of rotatable bonds is 2. The van der Waals surface area contributed by atoms with Crippen LogP contribution in [0.25, 0.3) is 0 Å². The van der Waals surface area contributed by atoms with Gasteiger partial charge in [-0.2, -0.15) is 5.26 Å². The highest BCUT2D eigenvalue weighted by molar-refractivity contribution is 4.79. The fourth-order valence-electron chi connectivity index (χ4n) is 0.564. The third kappa shape index (κ3) is 3.63. The third-order valence-electron chi connectivity index (χ3n) is 0.915. The minimum Gasteiger partial charge on any atom is -0.393 e. The van der Waals surface area contributed by atoms with E-state index in [4.69, 9.17) is 10.4 Å². The van der Waals surface area contributed by atoms with E-state index in [9.17, 15) is 0 Å². The SMILES string of the molecule is CC(O)CC(C)C#N. The largest absolute Gasteiger partial charge is 0.393 e. The van der Waals surface area contributed by atoms with Crippen LogP contribution in [-0.2, 0) is 0 Å². The third-order valence-corrected chi connectivity index (χ3v) is 0.915. The van der Waals surface area contributed by atoms with Gasteiger partial charge >= 0.3 is 0 Å². The van der Waals surface area contributed by atoms with Crippen LogP contribution in [0.5, 0.6) is 0 Å². The van der Waals surface area contributed by atoms with E-state index >= 15 is 0 Å². The van der Waals surface area contributed by atoms with E-state index in [0.717, 1.165) is 0 Å². The predicted octanol–water partition coefficient (Wildman–Crippen LogP) is 0.917. The first kappa shape index (κ1) is 7.45. The molecule has 0 aliphatic rings. The lowest BCUT2D eigenvalue weighted by molar-refractivity contribution is 0.173. The van der Waals surface area contributed by atoms with Crippen LogP contribution in [0.2, 0.25) is 0 Å². The highest BCUT2D eigenvalue weighted by atomic mass is 16.3. The van der Waals surface area contributed by atoms with E-state index in [-0.39, 0.29) is 12.0 Å². The second kappa shape index (κ2) is 3.45. The van der Waals surface area contributed by atoms with Crippen LogP contribution in [0.1, 0.15) is 20.3 Å². The van der Waals surface area contributed by atoms with Crippen molar-refractivity contribution in [1.29, 1.82) is 5.26 Å². The van der Waals surface area contributed by atoms with Crippen LogP contribution in [0, 0.1) is 17.2 Å². The second-order valence-corrected chi connectivity index (χ2v) is 2.11. The monoisotopic (exact) mass is 113 g/mol. The molecule has 2 nitrogen and oxygen atoms in total. The van der Waals surface area contributed by atoms with Crippen molar-refractivity contribution < 1.29 is 5.11 Å². The van der Waals surface area contributed by atoms with Crippen LogP contribution in [0.15, 0.2) is 0 Å². The molecule has 8 heavy (non-hydrogen) atoms. The smallest absolute Gasteiger partial charge is 0.0653 e. The van der Waals surface area contributed by atoms with E-state index in [1.807, 2.05) is 6.07 Å². The van der Waals surface area contributed by atoms with Crippen molar-refractivity contribution in [3.8, 4) is 6.07 Å². The summed E-state index contributed by atoms with van der Waals surface area (Å²) in [5.41, 5.74) is 0. The predicted molar refractivity (Wildman–Crippen MR) is 31.1 cm³/mol. The van der Waals surface area contributed by atoms with Gasteiger partial charge in [0.25, 0.3) is 0 Å². The van der Waals surface area contributed by atoms with Crippen molar-refractivity contribution in [3.63, 3.8) is 0 Å². The second-order valence-electron chi connectivity index (χ2n) is 2.11. The molecule has 2 unspecified atom stereocenters. The first-order chi connectivity index (χ1) is 3.66. The Morgan fingerprint density at radius 1 is 1.62 bits per heavy atom. The van der Waals surface area contributed by atoms with Crippen molar-refractivity contribution in [2.24, 2.45) is 5.92 Å². The van der Waals surface area contributed by atoms with Crippen LogP contribution in [0.4, 0.5) is 0 Å². The Bertz CT molecular complexity index is 93.2. The quantitative estimate of drug-likeness (QED) is 0.578. The van der Waals surface area contributed by atoms with E-state index in [1.54, 1.807) is 13.8 Å². The van der Waals surface area contributed by atoms with Gasteiger partial charge in [0, 0.05) is 5.92 Å². The van der Waals surface area contributed by atoms with Crippen molar-refractivity contribution in [3.05, 3.63) is 0 Å². The molecule has 0 aromatic carbocycles. The average Bonchev–Trinajstić information content (AvgIpc) is 1.65. The first-order valence-electron chi connectivity index (χ1n) is 2.74. The van der Waals surface area contributed by atoms with Gasteiger partial charge in [-0.05, 0) is 20.3 Å². The molecule has 0 heterocycles. The highest BCUT2D eigenvalue weighted by Gasteiger charge is 2.02. The number of aliphatic hydroxyl groups excluding tert-OH is 1. The van der Waals surface area contributed by atoms with Gasteiger partial charge in [-0.25, -0.2) is 0 Å². The maximum Gasteiger partial charge on any atom is 0.0653 e. The summed E-state index contributed by atoms with van der Waals surface area (Å²) in [6, 6.07) is 2.04. The normalized spacial score (nSPS) is 16.8. The average molecular weight is 113 g/mol. The molecule has 0 radical (unpaired) electrons. The number of nitrogens with zero attached hydrogens (tertiary/aromatic N) is 1. The molecule has 0 saturated carbocycles. The Morgan fingerprint density at radius 3 is 2.25 bits per heavy atom. The van der Waals surface area contributed by atoms with E-state index in [0.29, 0.717) is 6.42 Å². The lowest BCUT2D eigenvalue weighted by atomic mass is 10.1. The lowest BCUT2D eigenvalue weighted by Crippen LogP contribution is -2.04. The van der Waals surface area contributed by atoms with Gasteiger partial charge in [-0.15, -0.1) is 0 Å². The zero-order valence-electron chi connectivity index (χ0n) is 5.26. The van der Waals surface area contributed by atoms with Gasteiger partial charge in [0.1, 0.15) is 0 Å². The summed E-state index contributed by atoms with van der Waals surface area (Å²) in [4.78, 5) is 0. The van der Waals surface area contributed by atoms with E-state index in [1.165, 1.54) is 0 Å². The fourth-order valence-corrected chi connectivity index (χ4v) is 0.564. The summed E-state index contributed by atoms with van der Waals surface area (Å²) in [5, 5.41) is 16.9. The van der Waals surface area contributed by atoms with E-state index < -0.39 is 0 Å². The van der Waals surface area contributed by atoms with Gasteiger partial charge < -0.3 is 5.11 Å². The summed E-state index contributed by atoms with van der Waals surface area (Å²) in [6.45, 7) is 3.49.